The number of aryl methyl sites for hydroxylation is 4. The van der Waals surface area contributed by atoms with Crippen molar-refractivity contribution in [3.05, 3.63) is 31.2 Å². The monoisotopic (exact) mass is 479 g/mol. The van der Waals surface area contributed by atoms with E-state index in [9.17, 15) is 0 Å². The van der Waals surface area contributed by atoms with E-state index in [2.05, 4.69) is 46.4 Å². The molecule has 0 saturated heterocycles. The Morgan fingerprint density at radius 2 is 1.75 bits per heavy atom. The summed E-state index contributed by atoms with van der Waals surface area (Å²) in [6, 6.07) is 0. The van der Waals surface area contributed by atoms with Crippen LogP contribution in [0.25, 0.3) is 0 Å². The Morgan fingerprint density at radius 1 is 1.04 bits per heavy atom. The molecule has 0 amide bonds. The molecule has 0 aliphatic rings. The second kappa shape index (κ2) is 10.3. The number of nitrogens with one attached hydrogen (secondary N) is 2. The standard InChI is InChI=1S/C16H25N5S2.HI/c1-6-13-12(4)23-14(21-13)7-8-18-16(17-5)19-9-15-20-10(2)11(3)22-15;/h6-9H2,1-5H3,(H2,17,18,19);1H. The Morgan fingerprint density at radius 3 is 2.29 bits per heavy atom. The van der Waals surface area contributed by atoms with E-state index in [0.717, 1.165) is 36.0 Å². The molecule has 0 aromatic carbocycles. The van der Waals surface area contributed by atoms with Crippen molar-refractivity contribution in [2.75, 3.05) is 13.6 Å². The van der Waals surface area contributed by atoms with Gasteiger partial charge in [-0.05, 0) is 27.2 Å². The van der Waals surface area contributed by atoms with Crippen molar-refractivity contribution in [3.8, 4) is 0 Å². The first-order chi connectivity index (χ1) is 11.0. The van der Waals surface area contributed by atoms with Gasteiger partial charge >= 0.3 is 0 Å². The Hall–Kier alpha value is -0.740. The van der Waals surface area contributed by atoms with Gasteiger partial charge in [0.2, 0.25) is 0 Å². The molecule has 5 nitrogen and oxygen atoms in total. The molecule has 0 atom stereocenters. The minimum Gasteiger partial charge on any atom is -0.356 e. The van der Waals surface area contributed by atoms with Crippen LogP contribution in [0.15, 0.2) is 4.99 Å². The number of thiazole rings is 2. The summed E-state index contributed by atoms with van der Waals surface area (Å²) < 4.78 is 0. The molecule has 0 saturated carbocycles. The molecule has 2 aromatic heterocycles. The van der Waals surface area contributed by atoms with E-state index in [1.165, 1.54) is 20.5 Å². The van der Waals surface area contributed by atoms with E-state index in [1.54, 1.807) is 29.7 Å². The van der Waals surface area contributed by atoms with E-state index in [-0.39, 0.29) is 24.0 Å². The van der Waals surface area contributed by atoms with Gasteiger partial charge in [-0.15, -0.1) is 46.7 Å². The predicted octanol–water partition coefficient (Wildman–Crippen LogP) is 3.61. The summed E-state index contributed by atoms with van der Waals surface area (Å²) in [5.74, 6) is 0.805. The van der Waals surface area contributed by atoms with Gasteiger partial charge in [0.15, 0.2) is 5.96 Å². The lowest BCUT2D eigenvalue weighted by atomic mass is 10.3. The largest absolute Gasteiger partial charge is 0.356 e. The van der Waals surface area contributed by atoms with Crippen molar-refractivity contribution in [3.63, 3.8) is 0 Å². The van der Waals surface area contributed by atoms with Crippen molar-refractivity contribution in [2.24, 2.45) is 4.99 Å². The van der Waals surface area contributed by atoms with E-state index in [0.29, 0.717) is 6.54 Å². The SMILES string of the molecule is CCc1nc(CCNC(=NC)NCc2nc(C)c(C)s2)sc1C.I. The van der Waals surface area contributed by atoms with Crippen LogP contribution >= 0.6 is 46.7 Å². The zero-order chi connectivity index (χ0) is 16.8. The third-order valence-corrected chi connectivity index (χ3v) is 5.75. The molecule has 2 rings (SSSR count). The summed E-state index contributed by atoms with van der Waals surface area (Å²) >= 11 is 3.52. The van der Waals surface area contributed by atoms with Crippen LogP contribution in [0.3, 0.4) is 0 Å². The minimum absolute atomic E-state index is 0. The summed E-state index contributed by atoms with van der Waals surface area (Å²) in [5.41, 5.74) is 2.34. The van der Waals surface area contributed by atoms with Gasteiger partial charge in [-0.1, -0.05) is 6.92 Å². The van der Waals surface area contributed by atoms with Crippen molar-refractivity contribution in [1.82, 2.24) is 20.6 Å². The van der Waals surface area contributed by atoms with Crippen LogP contribution in [0, 0.1) is 20.8 Å². The number of nitrogens with zero attached hydrogens (tertiary/aromatic N) is 3. The number of aliphatic imine (C=N–C) groups is 1. The number of rotatable bonds is 6. The topological polar surface area (TPSA) is 62.2 Å². The molecule has 0 radical (unpaired) electrons. The highest BCUT2D eigenvalue weighted by molar-refractivity contribution is 14.0. The molecule has 0 spiro atoms. The summed E-state index contributed by atoms with van der Waals surface area (Å²) in [4.78, 5) is 16.1. The minimum atomic E-state index is 0. The van der Waals surface area contributed by atoms with Crippen molar-refractivity contribution in [2.45, 2.75) is 47.1 Å². The third kappa shape index (κ3) is 5.96. The van der Waals surface area contributed by atoms with E-state index in [1.807, 2.05) is 6.92 Å². The number of hydrogen-bond acceptors (Lipinski definition) is 5. The lowest BCUT2D eigenvalue weighted by molar-refractivity contribution is 0.786. The predicted molar refractivity (Wildman–Crippen MR) is 115 cm³/mol. The van der Waals surface area contributed by atoms with Crippen molar-refractivity contribution in [1.29, 1.82) is 0 Å². The maximum Gasteiger partial charge on any atom is 0.191 e. The fourth-order valence-electron chi connectivity index (χ4n) is 2.21. The van der Waals surface area contributed by atoms with Crippen molar-refractivity contribution < 1.29 is 0 Å². The van der Waals surface area contributed by atoms with Gasteiger partial charge in [0.1, 0.15) is 5.01 Å². The zero-order valence-corrected chi connectivity index (χ0v) is 18.9. The lowest BCUT2D eigenvalue weighted by Gasteiger charge is -2.10. The Kier molecular flexibility index (Phi) is 9.14. The van der Waals surface area contributed by atoms with Gasteiger partial charge < -0.3 is 10.6 Å². The smallest absolute Gasteiger partial charge is 0.191 e. The number of halogens is 1. The molecular formula is C16H26IN5S2. The fourth-order valence-corrected chi connectivity index (χ4v) is 4.10. The molecule has 2 aromatic rings. The number of guanidine groups is 1. The molecule has 0 aliphatic heterocycles. The molecule has 0 bridgehead atoms. The molecule has 2 N–H and O–H groups in total. The average molecular weight is 479 g/mol. The summed E-state index contributed by atoms with van der Waals surface area (Å²) in [6.07, 6.45) is 1.92. The first-order valence-electron chi connectivity index (χ1n) is 7.86. The van der Waals surface area contributed by atoms with Gasteiger partial charge in [-0.2, -0.15) is 0 Å². The molecule has 134 valence electrons. The van der Waals surface area contributed by atoms with Crippen LogP contribution in [0.5, 0.6) is 0 Å². The Balaban J connectivity index is 0.00000288. The van der Waals surface area contributed by atoms with Crippen LogP contribution in [0.1, 0.15) is 38.1 Å². The van der Waals surface area contributed by atoms with Gasteiger partial charge in [0.25, 0.3) is 0 Å². The van der Waals surface area contributed by atoms with Crippen LogP contribution in [-0.2, 0) is 19.4 Å². The number of aromatic nitrogens is 2. The fraction of sp³-hybridized carbons (Fsp3) is 0.562. The highest BCUT2D eigenvalue weighted by atomic mass is 127. The second-order valence-corrected chi connectivity index (χ2v) is 7.89. The quantitative estimate of drug-likeness (QED) is 0.378. The first kappa shape index (κ1) is 21.3. The van der Waals surface area contributed by atoms with Crippen LogP contribution in [-0.4, -0.2) is 29.5 Å². The Bertz CT molecular complexity index is 659. The van der Waals surface area contributed by atoms with Crippen LogP contribution < -0.4 is 10.6 Å². The molecule has 24 heavy (non-hydrogen) atoms. The average Bonchev–Trinajstić information content (AvgIpc) is 3.05. The first-order valence-corrected chi connectivity index (χ1v) is 9.49. The molecule has 0 fully saturated rings. The van der Waals surface area contributed by atoms with Gasteiger partial charge in [0, 0.05) is 29.8 Å². The molecule has 0 unspecified atom stereocenters. The van der Waals surface area contributed by atoms with E-state index >= 15 is 0 Å². The highest BCUT2D eigenvalue weighted by Gasteiger charge is 2.07. The Labute approximate surface area is 169 Å². The molecule has 8 heteroatoms. The summed E-state index contributed by atoms with van der Waals surface area (Å²) in [6.45, 7) is 9.97. The maximum absolute atomic E-state index is 4.67. The lowest BCUT2D eigenvalue weighted by Crippen LogP contribution is -2.37. The summed E-state index contributed by atoms with van der Waals surface area (Å²) in [7, 11) is 1.79. The summed E-state index contributed by atoms with van der Waals surface area (Å²) in [5, 5.41) is 8.93. The van der Waals surface area contributed by atoms with Gasteiger partial charge in [-0.25, -0.2) is 9.97 Å². The van der Waals surface area contributed by atoms with Crippen LogP contribution in [0.2, 0.25) is 0 Å². The van der Waals surface area contributed by atoms with Gasteiger partial charge in [0.05, 0.1) is 22.9 Å². The third-order valence-electron chi connectivity index (χ3n) is 3.61. The maximum atomic E-state index is 4.67. The zero-order valence-electron chi connectivity index (χ0n) is 14.9. The molecule has 2 heterocycles. The number of hydrogen-bond donors (Lipinski definition) is 2. The van der Waals surface area contributed by atoms with Crippen molar-refractivity contribution >= 4 is 52.6 Å². The molecule has 0 aliphatic carbocycles. The second-order valence-electron chi connectivity index (χ2n) is 5.32. The van der Waals surface area contributed by atoms with E-state index < -0.39 is 0 Å². The van der Waals surface area contributed by atoms with Gasteiger partial charge in [-0.3, -0.25) is 4.99 Å². The normalized spacial score (nSPS) is 11.3. The van der Waals surface area contributed by atoms with Crippen LogP contribution in [0.4, 0.5) is 0 Å². The molecular weight excluding hydrogens is 453 g/mol. The van der Waals surface area contributed by atoms with E-state index in [4.69, 9.17) is 0 Å². The highest BCUT2D eigenvalue weighted by Crippen LogP contribution is 2.18.